The van der Waals surface area contributed by atoms with Crippen molar-refractivity contribution >= 4 is 39.8 Å². The minimum absolute atomic E-state index is 0. The van der Waals surface area contributed by atoms with Crippen molar-refractivity contribution in [3.05, 3.63) is 0 Å². The van der Waals surface area contributed by atoms with Gasteiger partial charge in [0.1, 0.15) is 0 Å². The van der Waals surface area contributed by atoms with Crippen LogP contribution in [0.1, 0.15) is 64.2 Å². The Morgan fingerprint density at radius 3 is 1.92 bits per heavy atom. The van der Waals surface area contributed by atoms with Gasteiger partial charge in [0.05, 0.1) is 11.5 Å². The molecule has 3 rings (SSSR count). The summed E-state index contributed by atoms with van der Waals surface area (Å²) in [7, 11) is -2.80. The lowest BCUT2D eigenvalue weighted by Crippen LogP contribution is -2.47. The molecule has 7 heteroatoms. The van der Waals surface area contributed by atoms with E-state index in [0.717, 1.165) is 12.4 Å². The van der Waals surface area contributed by atoms with Crippen LogP contribution in [0.5, 0.6) is 0 Å². The zero-order valence-electron chi connectivity index (χ0n) is 14.5. The molecule has 2 N–H and O–H groups in total. The first-order chi connectivity index (χ1) is 11.1. The third-order valence-electron chi connectivity index (χ3n) is 5.48. The Kier molecular flexibility index (Phi) is 8.10. The molecular weight excluding hydrogens is 437 g/mol. The van der Waals surface area contributed by atoms with Gasteiger partial charge in [0, 0.05) is 18.6 Å². The lowest BCUT2D eigenvalue weighted by molar-refractivity contribution is 0.407. The molecular formula is C17H32IN3O2S. The molecule has 0 spiro atoms. The highest BCUT2D eigenvalue weighted by Gasteiger charge is 2.28. The summed E-state index contributed by atoms with van der Waals surface area (Å²) in [5.41, 5.74) is 0. The van der Waals surface area contributed by atoms with Crippen LogP contribution in [0.4, 0.5) is 0 Å². The predicted octanol–water partition coefficient (Wildman–Crippen LogP) is 2.85. The van der Waals surface area contributed by atoms with Gasteiger partial charge in [-0.25, -0.2) is 8.42 Å². The number of rotatable bonds is 4. The molecule has 3 fully saturated rings. The third-order valence-corrected chi connectivity index (χ3v) is 7.31. The molecule has 0 aromatic heterocycles. The molecule has 24 heavy (non-hydrogen) atoms. The topological polar surface area (TPSA) is 70.6 Å². The van der Waals surface area contributed by atoms with E-state index in [1.807, 2.05) is 0 Å². The van der Waals surface area contributed by atoms with E-state index in [0.29, 0.717) is 30.1 Å². The van der Waals surface area contributed by atoms with Gasteiger partial charge in [-0.3, -0.25) is 4.99 Å². The van der Waals surface area contributed by atoms with Gasteiger partial charge < -0.3 is 10.6 Å². The molecule has 0 radical (unpaired) electrons. The molecule has 3 aliphatic rings. The number of hydrogen-bond donors (Lipinski definition) is 2. The van der Waals surface area contributed by atoms with Gasteiger partial charge in [0.2, 0.25) is 0 Å². The van der Waals surface area contributed by atoms with Crippen molar-refractivity contribution in [2.45, 2.75) is 76.3 Å². The van der Waals surface area contributed by atoms with Gasteiger partial charge in [-0.2, -0.15) is 0 Å². The minimum Gasteiger partial charge on any atom is -0.354 e. The van der Waals surface area contributed by atoms with Gasteiger partial charge in [-0.05, 0) is 38.0 Å². The van der Waals surface area contributed by atoms with Crippen molar-refractivity contribution in [1.82, 2.24) is 10.6 Å². The fourth-order valence-electron chi connectivity index (χ4n) is 4.07. The van der Waals surface area contributed by atoms with Gasteiger partial charge in [-0.1, -0.05) is 32.1 Å². The summed E-state index contributed by atoms with van der Waals surface area (Å²) in [6, 6.07) is 1.07. The smallest absolute Gasteiger partial charge is 0.191 e. The van der Waals surface area contributed by atoms with Crippen molar-refractivity contribution < 1.29 is 8.42 Å². The SMILES string of the molecule is I.O=S1(=O)CCC(CN=C(NC2CCCCC2)NC2CCCC2)C1. The summed E-state index contributed by atoms with van der Waals surface area (Å²) in [5, 5.41) is 7.21. The second kappa shape index (κ2) is 9.59. The van der Waals surface area contributed by atoms with Crippen molar-refractivity contribution in [3.63, 3.8) is 0 Å². The van der Waals surface area contributed by atoms with E-state index in [1.165, 1.54) is 57.8 Å². The molecule has 1 unspecified atom stereocenters. The van der Waals surface area contributed by atoms with Crippen LogP contribution in [-0.2, 0) is 9.84 Å². The van der Waals surface area contributed by atoms with Gasteiger partial charge in [-0.15, -0.1) is 24.0 Å². The van der Waals surface area contributed by atoms with E-state index in [1.54, 1.807) is 0 Å². The van der Waals surface area contributed by atoms with Crippen LogP contribution in [0.3, 0.4) is 0 Å². The molecule has 0 bridgehead atoms. The van der Waals surface area contributed by atoms with Crippen LogP contribution in [0.25, 0.3) is 0 Å². The van der Waals surface area contributed by atoms with Crippen LogP contribution >= 0.6 is 24.0 Å². The zero-order chi connectivity index (χ0) is 16.1. The van der Waals surface area contributed by atoms with Gasteiger partial charge in [0.15, 0.2) is 15.8 Å². The largest absolute Gasteiger partial charge is 0.354 e. The summed E-state index contributed by atoms with van der Waals surface area (Å²) < 4.78 is 23.2. The van der Waals surface area contributed by atoms with Crippen molar-refractivity contribution in [3.8, 4) is 0 Å². The maximum atomic E-state index is 11.6. The Hall–Kier alpha value is -0.0500. The van der Waals surface area contributed by atoms with Gasteiger partial charge in [0.25, 0.3) is 0 Å². The van der Waals surface area contributed by atoms with Crippen molar-refractivity contribution in [2.24, 2.45) is 10.9 Å². The lowest BCUT2D eigenvalue weighted by Gasteiger charge is -2.26. The number of nitrogens with one attached hydrogen (secondary N) is 2. The summed E-state index contributed by atoms with van der Waals surface area (Å²) in [5.74, 6) is 1.78. The molecule has 0 aromatic carbocycles. The number of nitrogens with zero attached hydrogens (tertiary/aromatic N) is 1. The summed E-state index contributed by atoms with van der Waals surface area (Å²) in [6.45, 7) is 0.633. The normalized spacial score (nSPS) is 28.5. The highest BCUT2D eigenvalue weighted by molar-refractivity contribution is 14.0. The van der Waals surface area contributed by atoms with Crippen molar-refractivity contribution in [2.75, 3.05) is 18.1 Å². The van der Waals surface area contributed by atoms with Crippen molar-refractivity contribution in [1.29, 1.82) is 0 Å². The Balaban J connectivity index is 0.00000208. The molecule has 2 saturated carbocycles. The van der Waals surface area contributed by atoms with E-state index in [2.05, 4.69) is 10.6 Å². The van der Waals surface area contributed by atoms with E-state index in [4.69, 9.17) is 4.99 Å². The first-order valence-corrected chi connectivity index (χ1v) is 11.2. The molecule has 1 heterocycles. The first-order valence-electron chi connectivity index (χ1n) is 9.39. The molecule has 0 aromatic rings. The molecule has 1 aliphatic heterocycles. The monoisotopic (exact) mass is 469 g/mol. The maximum Gasteiger partial charge on any atom is 0.191 e. The molecule has 5 nitrogen and oxygen atoms in total. The second-order valence-electron chi connectivity index (χ2n) is 7.56. The quantitative estimate of drug-likeness (QED) is 0.378. The predicted molar refractivity (Wildman–Crippen MR) is 110 cm³/mol. The lowest BCUT2D eigenvalue weighted by atomic mass is 9.96. The fraction of sp³-hybridized carbons (Fsp3) is 0.941. The Morgan fingerprint density at radius 1 is 0.875 bits per heavy atom. The molecule has 1 atom stereocenters. The second-order valence-corrected chi connectivity index (χ2v) is 9.79. The van der Waals surface area contributed by atoms with Crippen LogP contribution in [0.2, 0.25) is 0 Å². The number of guanidine groups is 1. The number of aliphatic imine (C=N–C) groups is 1. The fourth-order valence-corrected chi connectivity index (χ4v) is 5.92. The maximum absolute atomic E-state index is 11.6. The highest BCUT2D eigenvalue weighted by atomic mass is 127. The Morgan fingerprint density at radius 2 is 1.42 bits per heavy atom. The standard InChI is InChI=1S/C17H31N3O2S.HI/c21-23(22)11-10-14(13-23)12-18-17(20-16-8-4-5-9-16)19-15-6-2-1-3-7-15;/h14-16H,1-13H2,(H2,18,19,20);1H. The average molecular weight is 469 g/mol. The molecule has 0 amide bonds. The molecule has 2 aliphatic carbocycles. The third kappa shape index (κ3) is 6.35. The zero-order valence-corrected chi connectivity index (χ0v) is 17.7. The molecule has 1 saturated heterocycles. The number of sulfone groups is 1. The van der Waals surface area contributed by atoms with Crippen LogP contribution < -0.4 is 10.6 Å². The van der Waals surface area contributed by atoms with E-state index < -0.39 is 9.84 Å². The minimum atomic E-state index is -2.80. The first kappa shape index (κ1) is 20.3. The van der Waals surface area contributed by atoms with Crippen LogP contribution in [0, 0.1) is 5.92 Å². The highest BCUT2D eigenvalue weighted by Crippen LogP contribution is 2.21. The van der Waals surface area contributed by atoms with E-state index in [-0.39, 0.29) is 29.9 Å². The average Bonchev–Trinajstić information content (AvgIpc) is 3.15. The Labute approximate surface area is 163 Å². The molecule has 140 valence electrons. The summed E-state index contributed by atoms with van der Waals surface area (Å²) in [4.78, 5) is 4.76. The van der Waals surface area contributed by atoms with E-state index in [9.17, 15) is 8.42 Å². The van der Waals surface area contributed by atoms with E-state index >= 15 is 0 Å². The number of hydrogen-bond acceptors (Lipinski definition) is 3. The van der Waals surface area contributed by atoms with Crippen LogP contribution in [-0.4, -0.2) is 44.5 Å². The number of halogens is 1. The summed E-state index contributed by atoms with van der Waals surface area (Å²) >= 11 is 0. The van der Waals surface area contributed by atoms with Crippen LogP contribution in [0.15, 0.2) is 4.99 Å². The Bertz CT molecular complexity index is 512. The summed E-state index contributed by atoms with van der Waals surface area (Å²) in [6.07, 6.45) is 12.2. The van der Waals surface area contributed by atoms with Gasteiger partial charge >= 0.3 is 0 Å².